The van der Waals surface area contributed by atoms with Gasteiger partial charge in [-0.2, -0.15) is 0 Å². The summed E-state index contributed by atoms with van der Waals surface area (Å²) in [6.45, 7) is 2.42. The number of benzene rings is 2. The highest BCUT2D eigenvalue weighted by Gasteiger charge is 2.09. The van der Waals surface area contributed by atoms with Gasteiger partial charge in [-0.05, 0) is 55.0 Å². The van der Waals surface area contributed by atoms with Gasteiger partial charge >= 0.3 is 6.09 Å². The SMILES string of the molecule is CCN(C)C(=O)Oc1ccc(C(=O)/C=C/c2ccc(OC)cc2)cc1. The van der Waals surface area contributed by atoms with E-state index in [9.17, 15) is 9.59 Å². The van der Waals surface area contributed by atoms with Gasteiger partial charge in [0.25, 0.3) is 0 Å². The van der Waals surface area contributed by atoms with E-state index >= 15 is 0 Å². The number of methoxy groups -OCH3 is 1. The number of hydrogen-bond acceptors (Lipinski definition) is 4. The molecule has 25 heavy (non-hydrogen) atoms. The molecule has 0 saturated heterocycles. The van der Waals surface area contributed by atoms with Gasteiger partial charge in [-0.25, -0.2) is 4.79 Å². The summed E-state index contributed by atoms with van der Waals surface area (Å²) in [6, 6.07) is 13.9. The van der Waals surface area contributed by atoms with Crippen LogP contribution in [-0.4, -0.2) is 37.5 Å². The molecule has 2 rings (SSSR count). The predicted octanol–water partition coefficient (Wildman–Crippen LogP) is 4.04. The fourth-order valence-electron chi connectivity index (χ4n) is 1.98. The minimum Gasteiger partial charge on any atom is -0.497 e. The van der Waals surface area contributed by atoms with E-state index in [1.807, 2.05) is 31.2 Å². The van der Waals surface area contributed by atoms with Crippen molar-refractivity contribution in [2.24, 2.45) is 0 Å². The Morgan fingerprint density at radius 3 is 2.16 bits per heavy atom. The minimum atomic E-state index is -0.430. The van der Waals surface area contributed by atoms with Crippen molar-refractivity contribution in [3.8, 4) is 11.5 Å². The van der Waals surface area contributed by atoms with E-state index in [-0.39, 0.29) is 5.78 Å². The fraction of sp³-hybridized carbons (Fsp3) is 0.200. The van der Waals surface area contributed by atoms with Gasteiger partial charge in [-0.1, -0.05) is 18.2 Å². The number of rotatable bonds is 6. The lowest BCUT2D eigenvalue weighted by atomic mass is 10.1. The normalized spacial score (nSPS) is 10.5. The summed E-state index contributed by atoms with van der Waals surface area (Å²) in [5.74, 6) is 1.04. The highest BCUT2D eigenvalue weighted by molar-refractivity contribution is 6.06. The topological polar surface area (TPSA) is 55.8 Å². The first-order valence-electron chi connectivity index (χ1n) is 7.93. The molecule has 2 aromatic rings. The molecule has 0 aromatic heterocycles. The molecule has 0 heterocycles. The summed E-state index contributed by atoms with van der Waals surface area (Å²) in [5, 5.41) is 0. The number of carbonyl (C=O) groups is 2. The molecule has 0 spiro atoms. The predicted molar refractivity (Wildman–Crippen MR) is 97.1 cm³/mol. The average molecular weight is 339 g/mol. The highest BCUT2D eigenvalue weighted by atomic mass is 16.6. The molecule has 0 aliphatic carbocycles. The third-order valence-electron chi connectivity index (χ3n) is 3.67. The second kappa shape index (κ2) is 8.68. The standard InChI is InChI=1S/C20H21NO4/c1-4-21(2)20(23)25-18-12-8-16(9-13-18)19(22)14-7-15-5-10-17(24-3)11-6-15/h5-14H,4H2,1-3H3/b14-7+. The molecule has 0 bridgehead atoms. The Morgan fingerprint density at radius 2 is 1.60 bits per heavy atom. The monoisotopic (exact) mass is 339 g/mol. The lowest BCUT2D eigenvalue weighted by Gasteiger charge is -2.14. The molecule has 0 aliphatic rings. The van der Waals surface area contributed by atoms with Crippen LogP contribution in [0.15, 0.2) is 54.6 Å². The van der Waals surface area contributed by atoms with Crippen LogP contribution in [-0.2, 0) is 0 Å². The van der Waals surface area contributed by atoms with Crippen molar-refractivity contribution in [1.29, 1.82) is 0 Å². The van der Waals surface area contributed by atoms with Gasteiger partial charge in [0.2, 0.25) is 0 Å². The van der Waals surface area contributed by atoms with Crippen LogP contribution >= 0.6 is 0 Å². The Labute approximate surface area is 147 Å². The zero-order valence-corrected chi connectivity index (χ0v) is 14.6. The molecular formula is C20H21NO4. The maximum Gasteiger partial charge on any atom is 0.414 e. The molecule has 5 heteroatoms. The zero-order valence-electron chi connectivity index (χ0n) is 14.6. The number of hydrogen-bond donors (Lipinski definition) is 0. The van der Waals surface area contributed by atoms with E-state index in [4.69, 9.17) is 9.47 Å². The Balaban J connectivity index is 1.99. The third kappa shape index (κ3) is 5.21. The van der Waals surface area contributed by atoms with Crippen molar-refractivity contribution in [2.75, 3.05) is 20.7 Å². The van der Waals surface area contributed by atoms with Gasteiger partial charge in [0.05, 0.1) is 7.11 Å². The van der Waals surface area contributed by atoms with E-state index in [2.05, 4.69) is 0 Å². The largest absolute Gasteiger partial charge is 0.497 e. The maximum atomic E-state index is 12.2. The number of nitrogens with zero attached hydrogens (tertiary/aromatic N) is 1. The number of allylic oxidation sites excluding steroid dienone is 1. The van der Waals surface area contributed by atoms with Gasteiger partial charge < -0.3 is 14.4 Å². The second-order valence-corrected chi connectivity index (χ2v) is 5.38. The summed E-state index contributed by atoms with van der Waals surface area (Å²) in [7, 11) is 3.26. The van der Waals surface area contributed by atoms with Crippen molar-refractivity contribution < 1.29 is 19.1 Å². The van der Waals surface area contributed by atoms with Gasteiger partial charge in [0.1, 0.15) is 11.5 Å². The van der Waals surface area contributed by atoms with E-state index in [1.54, 1.807) is 44.5 Å². The number of amides is 1. The number of ether oxygens (including phenoxy) is 2. The highest BCUT2D eigenvalue weighted by Crippen LogP contribution is 2.15. The molecule has 0 fully saturated rings. The quantitative estimate of drug-likeness (QED) is 0.589. The van der Waals surface area contributed by atoms with Crippen LogP contribution in [0.5, 0.6) is 11.5 Å². The fourth-order valence-corrected chi connectivity index (χ4v) is 1.98. The number of ketones is 1. The van der Waals surface area contributed by atoms with Crippen LogP contribution in [0.1, 0.15) is 22.8 Å². The van der Waals surface area contributed by atoms with Gasteiger partial charge in [0, 0.05) is 19.2 Å². The average Bonchev–Trinajstić information content (AvgIpc) is 2.66. The Morgan fingerprint density at radius 1 is 1.00 bits per heavy atom. The molecule has 0 saturated carbocycles. The first-order valence-corrected chi connectivity index (χ1v) is 7.93. The van der Waals surface area contributed by atoms with E-state index in [0.29, 0.717) is 17.9 Å². The van der Waals surface area contributed by atoms with Gasteiger partial charge in [-0.3, -0.25) is 4.79 Å². The van der Waals surface area contributed by atoms with Crippen molar-refractivity contribution in [1.82, 2.24) is 4.90 Å². The van der Waals surface area contributed by atoms with Crippen LogP contribution < -0.4 is 9.47 Å². The van der Waals surface area contributed by atoms with Crippen molar-refractivity contribution >= 4 is 18.0 Å². The molecule has 0 N–H and O–H groups in total. The molecule has 130 valence electrons. The Bertz CT molecular complexity index is 748. The molecular weight excluding hydrogens is 318 g/mol. The smallest absolute Gasteiger partial charge is 0.414 e. The third-order valence-corrected chi connectivity index (χ3v) is 3.67. The lowest BCUT2D eigenvalue weighted by Crippen LogP contribution is -2.29. The van der Waals surface area contributed by atoms with E-state index in [1.165, 1.54) is 11.0 Å². The van der Waals surface area contributed by atoms with E-state index < -0.39 is 6.09 Å². The van der Waals surface area contributed by atoms with E-state index in [0.717, 1.165) is 11.3 Å². The summed E-state index contributed by atoms with van der Waals surface area (Å²) >= 11 is 0. The molecule has 1 amide bonds. The van der Waals surface area contributed by atoms with Crippen LogP contribution in [0.2, 0.25) is 0 Å². The van der Waals surface area contributed by atoms with Crippen LogP contribution in [0, 0.1) is 0 Å². The summed E-state index contributed by atoms with van der Waals surface area (Å²) < 4.78 is 10.3. The van der Waals surface area contributed by atoms with Gasteiger partial charge in [-0.15, -0.1) is 0 Å². The Hall–Kier alpha value is -3.08. The van der Waals surface area contributed by atoms with Crippen molar-refractivity contribution in [3.63, 3.8) is 0 Å². The van der Waals surface area contributed by atoms with Crippen LogP contribution in [0.4, 0.5) is 4.79 Å². The van der Waals surface area contributed by atoms with Crippen molar-refractivity contribution in [3.05, 3.63) is 65.7 Å². The minimum absolute atomic E-state index is 0.126. The van der Waals surface area contributed by atoms with Crippen LogP contribution in [0.3, 0.4) is 0 Å². The summed E-state index contributed by atoms with van der Waals surface area (Å²) in [6.07, 6.45) is 2.82. The Kier molecular flexibility index (Phi) is 6.34. The summed E-state index contributed by atoms with van der Waals surface area (Å²) in [4.78, 5) is 25.3. The second-order valence-electron chi connectivity index (χ2n) is 5.38. The summed E-state index contributed by atoms with van der Waals surface area (Å²) in [5.41, 5.74) is 1.43. The molecule has 0 aliphatic heterocycles. The van der Waals surface area contributed by atoms with Gasteiger partial charge in [0.15, 0.2) is 5.78 Å². The molecule has 0 atom stereocenters. The molecule has 0 unspecified atom stereocenters. The maximum absolute atomic E-state index is 12.2. The first-order chi connectivity index (χ1) is 12.0. The lowest BCUT2D eigenvalue weighted by molar-refractivity contribution is 0.104. The molecule has 5 nitrogen and oxygen atoms in total. The molecule has 2 aromatic carbocycles. The van der Waals surface area contributed by atoms with Crippen molar-refractivity contribution in [2.45, 2.75) is 6.92 Å². The number of carbonyl (C=O) groups excluding carboxylic acids is 2. The zero-order chi connectivity index (χ0) is 18.2. The molecule has 0 radical (unpaired) electrons. The first kappa shape index (κ1) is 18.3. The van der Waals surface area contributed by atoms with Crippen LogP contribution in [0.25, 0.3) is 6.08 Å².